The lowest BCUT2D eigenvalue weighted by molar-refractivity contribution is -0.431. The minimum Gasteiger partial charge on any atom is -0.501 e. The Morgan fingerprint density at radius 3 is 2.39 bits per heavy atom. The molecule has 33 heavy (non-hydrogen) atoms. The smallest absolute Gasteiger partial charge is 0.297 e. The Morgan fingerprint density at radius 1 is 1.12 bits per heavy atom. The number of aliphatic hydroxyl groups is 1. The number of nitriles is 1. The van der Waals surface area contributed by atoms with Crippen LogP contribution in [-0.4, -0.2) is 24.7 Å². The summed E-state index contributed by atoms with van der Waals surface area (Å²) in [7, 11) is 0. The summed E-state index contributed by atoms with van der Waals surface area (Å²) in [5, 5.41) is 48.1. The van der Waals surface area contributed by atoms with Crippen LogP contribution in [0, 0.1) is 38.5 Å². The number of rotatable bonds is 4. The molecular formula is C22H15N5O6. The number of nitro groups is 2. The molecular weight excluding hydrogens is 430 g/mol. The van der Waals surface area contributed by atoms with Crippen molar-refractivity contribution in [1.29, 1.82) is 5.26 Å². The predicted molar refractivity (Wildman–Crippen MR) is 115 cm³/mol. The highest BCUT2D eigenvalue weighted by atomic mass is 16.6. The summed E-state index contributed by atoms with van der Waals surface area (Å²) >= 11 is 0. The summed E-state index contributed by atoms with van der Waals surface area (Å²) in [5.41, 5.74) is -1.27. The number of aromatic nitrogens is 2. The Labute approximate surface area is 185 Å². The number of fused-ring (bicyclic) bond motifs is 1. The van der Waals surface area contributed by atoms with Gasteiger partial charge in [-0.05, 0) is 25.5 Å². The van der Waals surface area contributed by atoms with Gasteiger partial charge in [-0.25, -0.2) is 0 Å². The Kier molecular flexibility index (Phi) is 5.19. The third kappa shape index (κ3) is 3.49. The van der Waals surface area contributed by atoms with Crippen molar-refractivity contribution in [2.75, 3.05) is 0 Å². The zero-order valence-electron chi connectivity index (χ0n) is 17.1. The van der Waals surface area contributed by atoms with Gasteiger partial charge < -0.3 is 5.11 Å². The molecule has 1 aliphatic carbocycles. The molecule has 164 valence electrons. The van der Waals surface area contributed by atoms with E-state index in [1.54, 1.807) is 24.3 Å². The molecule has 0 radical (unpaired) electrons. The summed E-state index contributed by atoms with van der Waals surface area (Å²) in [5.74, 6) is -2.11. The van der Waals surface area contributed by atoms with Gasteiger partial charge in [-0.2, -0.15) is 15.0 Å². The summed E-state index contributed by atoms with van der Waals surface area (Å²) in [6, 6.07) is 13.9. The van der Waals surface area contributed by atoms with Crippen LogP contribution >= 0.6 is 0 Å². The van der Waals surface area contributed by atoms with Gasteiger partial charge in [-0.15, -0.1) is 0 Å². The third-order valence-corrected chi connectivity index (χ3v) is 5.50. The molecule has 3 aromatic rings. The molecule has 1 N–H and O–H groups in total. The van der Waals surface area contributed by atoms with Crippen molar-refractivity contribution in [2.24, 2.45) is 0 Å². The number of nitrogens with zero attached hydrogens (tertiary/aromatic N) is 5. The first kappa shape index (κ1) is 21.4. The number of aryl methyl sites for hydroxylation is 1. The molecule has 0 aliphatic heterocycles. The van der Waals surface area contributed by atoms with E-state index in [2.05, 4.69) is 5.10 Å². The normalized spacial score (nSPS) is 15.0. The molecule has 2 aromatic carbocycles. The largest absolute Gasteiger partial charge is 0.501 e. The summed E-state index contributed by atoms with van der Waals surface area (Å²) in [4.78, 5) is 34.9. The van der Waals surface area contributed by atoms with Crippen LogP contribution in [0.2, 0.25) is 0 Å². The Bertz CT molecular complexity index is 1450. The second-order valence-electron chi connectivity index (χ2n) is 7.43. The van der Waals surface area contributed by atoms with Gasteiger partial charge in [0.1, 0.15) is 17.3 Å². The first-order chi connectivity index (χ1) is 15.7. The molecule has 4 rings (SSSR count). The maximum Gasteiger partial charge on any atom is 0.297 e. The molecule has 0 saturated heterocycles. The first-order valence-electron chi connectivity index (χ1n) is 9.69. The molecule has 0 amide bonds. The second kappa shape index (κ2) is 8.01. The first-order valence-corrected chi connectivity index (χ1v) is 9.69. The lowest BCUT2D eigenvalue weighted by atomic mass is 9.81. The Hall–Kier alpha value is -4.85. The molecule has 1 heterocycles. The van der Waals surface area contributed by atoms with Crippen LogP contribution in [0.15, 0.2) is 59.0 Å². The molecule has 0 saturated carbocycles. The van der Waals surface area contributed by atoms with Crippen molar-refractivity contribution in [2.45, 2.75) is 19.3 Å². The number of benzene rings is 2. The van der Waals surface area contributed by atoms with Crippen LogP contribution in [0.25, 0.3) is 11.4 Å². The van der Waals surface area contributed by atoms with E-state index in [1.165, 1.54) is 24.3 Å². The number of para-hydroxylation sites is 1. The van der Waals surface area contributed by atoms with E-state index in [-0.39, 0.29) is 34.5 Å². The maximum absolute atomic E-state index is 13.0. The average molecular weight is 445 g/mol. The van der Waals surface area contributed by atoms with Crippen molar-refractivity contribution in [1.82, 2.24) is 9.78 Å². The van der Waals surface area contributed by atoms with E-state index < -0.39 is 32.8 Å². The van der Waals surface area contributed by atoms with Crippen molar-refractivity contribution >= 4 is 11.4 Å². The number of allylic oxidation sites excluding steroid dienone is 1. The highest BCUT2D eigenvalue weighted by Crippen LogP contribution is 2.42. The van der Waals surface area contributed by atoms with Gasteiger partial charge in [0.25, 0.3) is 16.9 Å². The maximum atomic E-state index is 13.0. The number of hydrogen-bond acceptors (Lipinski definition) is 8. The van der Waals surface area contributed by atoms with Gasteiger partial charge in [-0.1, -0.05) is 35.9 Å². The fourth-order valence-electron chi connectivity index (χ4n) is 3.93. The van der Waals surface area contributed by atoms with Crippen LogP contribution in [0.1, 0.15) is 33.9 Å². The van der Waals surface area contributed by atoms with Gasteiger partial charge >= 0.3 is 0 Å². The zero-order valence-corrected chi connectivity index (χ0v) is 17.1. The molecule has 1 aliphatic rings. The molecule has 1 aromatic heterocycles. The lowest BCUT2D eigenvalue weighted by Gasteiger charge is -2.23. The van der Waals surface area contributed by atoms with Crippen LogP contribution in [-0.2, 0) is 6.42 Å². The van der Waals surface area contributed by atoms with Crippen molar-refractivity contribution in [3.8, 4) is 11.8 Å². The van der Waals surface area contributed by atoms with Crippen molar-refractivity contribution < 1.29 is 15.0 Å². The van der Waals surface area contributed by atoms with E-state index in [0.29, 0.717) is 5.69 Å². The summed E-state index contributed by atoms with van der Waals surface area (Å²) in [6.45, 7) is 1.84. The highest BCUT2D eigenvalue weighted by molar-refractivity contribution is 5.68. The van der Waals surface area contributed by atoms with Gasteiger partial charge in [0.2, 0.25) is 5.76 Å². The summed E-state index contributed by atoms with van der Waals surface area (Å²) < 4.78 is 0.899. The van der Waals surface area contributed by atoms with Crippen LogP contribution in [0.3, 0.4) is 0 Å². The molecule has 0 fully saturated rings. The Morgan fingerprint density at radius 2 is 1.79 bits per heavy atom. The van der Waals surface area contributed by atoms with Gasteiger partial charge in [0.15, 0.2) is 0 Å². The van der Waals surface area contributed by atoms with Crippen molar-refractivity contribution in [3.05, 3.63) is 113 Å². The second-order valence-corrected chi connectivity index (χ2v) is 7.43. The molecule has 11 nitrogen and oxygen atoms in total. The van der Waals surface area contributed by atoms with Crippen LogP contribution in [0.4, 0.5) is 5.69 Å². The topological polar surface area (TPSA) is 165 Å². The fraction of sp³-hybridized carbons (Fsp3) is 0.136. The standard InChI is InChI=1S/C22H15N5O6/c1-12-6-8-13(9-7-12)25-22(29)17(11-23)15-10-16(14-4-2-3-5-18(14)26(30)31)20(27(32)33)21(28)19(15)24-25/h2-9,16,28H,10H2,1H3. The van der Waals surface area contributed by atoms with Crippen LogP contribution in [0.5, 0.6) is 0 Å². The van der Waals surface area contributed by atoms with E-state index in [1.807, 2.05) is 13.0 Å². The monoisotopic (exact) mass is 445 g/mol. The van der Waals surface area contributed by atoms with Gasteiger partial charge in [0, 0.05) is 17.2 Å². The lowest BCUT2D eigenvalue weighted by Crippen LogP contribution is -2.31. The third-order valence-electron chi connectivity index (χ3n) is 5.50. The van der Waals surface area contributed by atoms with Crippen molar-refractivity contribution in [3.63, 3.8) is 0 Å². The average Bonchev–Trinajstić information content (AvgIpc) is 2.79. The van der Waals surface area contributed by atoms with E-state index in [4.69, 9.17) is 0 Å². The fourth-order valence-corrected chi connectivity index (χ4v) is 3.93. The molecule has 1 unspecified atom stereocenters. The van der Waals surface area contributed by atoms with E-state index in [0.717, 1.165) is 10.2 Å². The quantitative estimate of drug-likeness (QED) is 0.472. The molecule has 0 bridgehead atoms. The zero-order chi connectivity index (χ0) is 23.9. The number of aliphatic hydroxyl groups excluding tert-OH is 1. The number of nitro benzene ring substituents is 1. The predicted octanol–water partition coefficient (Wildman–Crippen LogP) is 3.16. The van der Waals surface area contributed by atoms with Gasteiger partial charge in [0.05, 0.1) is 21.5 Å². The molecule has 1 atom stereocenters. The van der Waals surface area contributed by atoms with Gasteiger partial charge in [-0.3, -0.25) is 25.0 Å². The minimum absolute atomic E-state index is 0.00267. The van der Waals surface area contributed by atoms with E-state index >= 15 is 0 Å². The summed E-state index contributed by atoms with van der Waals surface area (Å²) in [6.07, 6.45) is -0.291. The molecule has 11 heteroatoms. The van der Waals surface area contributed by atoms with Crippen LogP contribution < -0.4 is 5.56 Å². The number of hydrogen-bond donors (Lipinski definition) is 1. The Balaban J connectivity index is 2.01. The van der Waals surface area contributed by atoms with E-state index in [9.17, 15) is 35.4 Å². The highest BCUT2D eigenvalue weighted by Gasteiger charge is 2.42. The SMILES string of the molecule is Cc1ccc(-n2nc3c(c(C#N)c2=O)CC(c2ccccc2[N+](=O)[O-])C([N+](=O)[O-])=C3O)cc1. The molecule has 0 spiro atoms. The minimum atomic E-state index is -1.27.